The molecule has 1 nitrogen and oxygen atoms in total. The Morgan fingerprint density at radius 2 is 2.00 bits per heavy atom. The lowest BCUT2D eigenvalue weighted by molar-refractivity contribution is 0.228. The standard InChI is InChI=1S/C10H19N.C2H6/c1-4-10-5-9(10)6-11(7-10)8(2)3;1-2/h8-9H,4-7H2,1-3H3;1-2H3. The summed E-state index contributed by atoms with van der Waals surface area (Å²) in [7, 11) is 0. The van der Waals surface area contributed by atoms with Gasteiger partial charge in [0.2, 0.25) is 0 Å². The maximum atomic E-state index is 2.64. The summed E-state index contributed by atoms with van der Waals surface area (Å²) in [6, 6.07) is 0.770. The zero-order valence-electron chi connectivity index (χ0n) is 9.93. The van der Waals surface area contributed by atoms with Crippen molar-refractivity contribution in [1.82, 2.24) is 4.90 Å². The quantitative estimate of drug-likeness (QED) is 0.635. The minimum atomic E-state index is 0.770. The first-order valence-electron chi connectivity index (χ1n) is 5.92. The Morgan fingerprint density at radius 1 is 1.38 bits per heavy atom. The first kappa shape index (κ1) is 11.0. The van der Waals surface area contributed by atoms with Crippen LogP contribution in [0, 0.1) is 11.3 Å². The molecule has 2 atom stereocenters. The van der Waals surface area contributed by atoms with E-state index < -0.39 is 0 Å². The van der Waals surface area contributed by atoms with Crippen LogP contribution in [0.2, 0.25) is 0 Å². The van der Waals surface area contributed by atoms with Gasteiger partial charge in [0.1, 0.15) is 0 Å². The topological polar surface area (TPSA) is 3.24 Å². The molecule has 0 aromatic carbocycles. The minimum absolute atomic E-state index is 0.770. The Morgan fingerprint density at radius 3 is 2.31 bits per heavy atom. The first-order valence-corrected chi connectivity index (χ1v) is 5.92. The molecule has 0 spiro atoms. The number of likely N-dealkylation sites (tertiary alicyclic amines) is 1. The van der Waals surface area contributed by atoms with Gasteiger partial charge in [0, 0.05) is 19.1 Å². The molecule has 2 fully saturated rings. The van der Waals surface area contributed by atoms with Crippen molar-refractivity contribution in [2.75, 3.05) is 13.1 Å². The molecule has 2 aliphatic rings. The summed E-state index contributed by atoms with van der Waals surface area (Å²) in [5.74, 6) is 1.06. The van der Waals surface area contributed by atoms with E-state index in [1.807, 2.05) is 13.8 Å². The Bertz CT molecular complexity index is 161. The molecule has 1 saturated heterocycles. The third kappa shape index (κ3) is 1.90. The predicted octanol–water partition coefficient (Wildman–Crippen LogP) is 3.15. The van der Waals surface area contributed by atoms with Crippen LogP contribution in [0.5, 0.6) is 0 Å². The second kappa shape index (κ2) is 4.00. The molecule has 1 aliphatic carbocycles. The Balaban J connectivity index is 0.000000396. The van der Waals surface area contributed by atoms with Gasteiger partial charge in [-0.25, -0.2) is 0 Å². The minimum Gasteiger partial charge on any atom is -0.300 e. The monoisotopic (exact) mass is 183 g/mol. The van der Waals surface area contributed by atoms with Gasteiger partial charge in [-0.3, -0.25) is 0 Å². The van der Waals surface area contributed by atoms with E-state index in [1.54, 1.807) is 0 Å². The molecule has 13 heavy (non-hydrogen) atoms. The number of rotatable bonds is 2. The SMILES string of the molecule is CC.CCC12CC1CN(C(C)C)C2. The maximum absolute atomic E-state index is 2.64. The summed E-state index contributed by atoms with van der Waals surface area (Å²) >= 11 is 0. The van der Waals surface area contributed by atoms with E-state index in [4.69, 9.17) is 0 Å². The van der Waals surface area contributed by atoms with Crippen molar-refractivity contribution in [1.29, 1.82) is 0 Å². The molecule has 1 heterocycles. The molecule has 0 aromatic heterocycles. The lowest BCUT2D eigenvalue weighted by Crippen LogP contribution is -2.31. The van der Waals surface area contributed by atoms with Crippen LogP contribution in [0.4, 0.5) is 0 Å². The van der Waals surface area contributed by atoms with Gasteiger partial charge in [-0.05, 0) is 38.0 Å². The van der Waals surface area contributed by atoms with E-state index in [2.05, 4.69) is 25.7 Å². The maximum Gasteiger partial charge on any atom is 0.00439 e. The van der Waals surface area contributed by atoms with Gasteiger partial charge in [-0.2, -0.15) is 0 Å². The second-order valence-electron chi connectivity index (χ2n) is 4.64. The molecule has 1 heteroatoms. The van der Waals surface area contributed by atoms with Gasteiger partial charge in [0.15, 0.2) is 0 Å². The van der Waals surface area contributed by atoms with Gasteiger partial charge in [0.25, 0.3) is 0 Å². The van der Waals surface area contributed by atoms with E-state index in [1.165, 1.54) is 25.9 Å². The molecule has 1 aliphatic heterocycles. The largest absolute Gasteiger partial charge is 0.300 e. The van der Waals surface area contributed by atoms with Crippen molar-refractivity contribution < 1.29 is 0 Å². The first-order chi connectivity index (χ1) is 6.18. The number of hydrogen-bond acceptors (Lipinski definition) is 1. The molecule has 0 amide bonds. The summed E-state index contributed by atoms with van der Waals surface area (Å²) in [5, 5.41) is 0. The van der Waals surface area contributed by atoms with Gasteiger partial charge in [-0.1, -0.05) is 20.8 Å². The average Bonchev–Trinajstić information content (AvgIpc) is 2.72. The predicted molar refractivity (Wildman–Crippen MR) is 58.9 cm³/mol. The fourth-order valence-corrected chi connectivity index (χ4v) is 2.57. The summed E-state index contributed by atoms with van der Waals surface area (Å²) < 4.78 is 0. The number of fused-ring (bicyclic) bond motifs is 1. The zero-order valence-corrected chi connectivity index (χ0v) is 9.93. The van der Waals surface area contributed by atoms with Crippen molar-refractivity contribution in [2.45, 2.75) is 53.5 Å². The molecule has 2 rings (SSSR count). The summed E-state index contributed by atoms with van der Waals surface area (Å²) in [6.45, 7) is 13.7. The van der Waals surface area contributed by atoms with Crippen LogP contribution in [-0.2, 0) is 0 Å². The number of hydrogen-bond donors (Lipinski definition) is 0. The average molecular weight is 183 g/mol. The third-order valence-electron chi connectivity index (χ3n) is 3.77. The zero-order chi connectivity index (χ0) is 10.1. The van der Waals surface area contributed by atoms with Gasteiger partial charge < -0.3 is 4.90 Å². The fraction of sp³-hybridized carbons (Fsp3) is 1.00. The van der Waals surface area contributed by atoms with Gasteiger partial charge in [0.05, 0.1) is 0 Å². The van der Waals surface area contributed by atoms with Crippen LogP contribution in [-0.4, -0.2) is 24.0 Å². The highest BCUT2D eigenvalue weighted by Gasteiger charge is 2.58. The van der Waals surface area contributed by atoms with E-state index in [-0.39, 0.29) is 0 Å². The van der Waals surface area contributed by atoms with Crippen LogP contribution in [0.1, 0.15) is 47.5 Å². The number of piperidine rings is 1. The highest BCUT2D eigenvalue weighted by atomic mass is 15.2. The number of nitrogens with zero attached hydrogens (tertiary/aromatic N) is 1. The van der Waals surface area contributed by atoms with Crippen molar-refractivity contribution in [3.05, 3.63) is 0 Å². The van der Waals surface area contributed by atoms with Crippen molar-refractivity contribution in [2.24, 2.45) is 11.3 Å². The molecule has 78 valence electrons. The van der Waals surface area contributed by atoms with Crippen LogP contribution in [0.25, 0.3) is 0 Å². The van der Waals surface area contributed by atoms with E-state index in [0.29, 0.717) is 0 Å². The van der Waals surface area contributed by atoms with Crippen LogP contribution < -0.4 is 0 Å². The van der Waals surface area contributed by atoms with Crippen LogP contribution in [0.3, 0.4) is 0 Å². The van der Waals surface area contributed by atoms with Crippen LogP contribution >= 0.6 is 0 Å². The van der Waals surface area contributed by atoms with E-state index in [9.17, 15) is 0 Å². The summed E-state index contributed by atoms with van der Waals surface area (Å²) in [5.41, 5.74) is 0.782. The molecule has 1 saturated carbocycles. The molecule has 0 aromatic rings. The third-order valence-corrected chi connectivity index (χ3v) is 3.77. The fourth-order valence-electron chi connectivity index (χ4n) is 2.57. The van der Waals surface area contributed by atoms with Gasteiger partial charge in [-0.15, -0.1) is 0 Å². The lowest BCUT2D eigenvalue weighted by atomic mass is 10.0. The molecule has 0 bridgehead atoms. The smallest absolute Gasteiger partial charge is 0.00439 e. The van der Waals surface area contributed by atoms with Crippen LogP contribution in [0.15, 0.2) is 0 Å². The molecule has 2 unspecified atom stereocenters. The molecule has 0 radical (unpaired) electrons. The Labute approximate surface area is 83.5 Å². The van der Waals surface area contributed by atoms with E-state index in [0.717, 1.165) is 17.4 Å². The molecule has 0 N–H and O–H groups in total. The van der Waals surface area contributed by atoms with Crippen molar-refractivity contribution >= 4 is 0 Å². The van der Waals surface area contributed by atoms with Crippen molar-refractivity contribution in [3.8, 4) is 0 Å². The molecular formula is C12H25N. The summed E-state index contributed by atoms with van der Waals surface area (Å²) in [6.07, 6.45) is 2.92. The second-order valence-corrected chi connectivity index (χ2v) is 4.64. The van der Waals surface area contributed by atoms with E-state index >= 15 is 0 Å². The Kier molecular flexibility index (Phi) is 3.39. The van der Waals surface area contributed by atoms with Gasteiger partial charge >= 0.3 is 0 Å². The highest BCUT2D eigenvalue weighted by Crippen LogP contribution is 2.60. The molecular weight excluding hydrogens is 158 g/mol. The normalized spacial score (nSPS) is 36.9. The van der Waals surface area contributed by atoms with Crippen molar-refractivity contribution in [3.63, 3.8) is 0 Å². The Hall–Kier alpha value is -0.0400. The lowest BCUT2D eigenvalue weighted by Gasteiger charge is -2.23. The highest BCUT2D eigenvalue weighted by molar-refractivity contribution is 5.09. The summed E-state index contributed by atoms with van der Waals surface area (Å²) in [4.78, 5) is 2.64.